The number of nitrogens with one attached hydrogen (secondary N) is 1. The second-order valence-electron chi connectivity index (χ2n) is 11.6. The molecule has 2 N–H and O–H groups in total. The predicted octanol–water partition coefficient (Wildman–Crippen LogP) is 7.51. The lowest BCUT2D eigenvalue weighted by atomic mass is 9.85. The molecular formula is C34H43NO4. The molecule has 1 atom stereocenters. The van der Waals surface area contributed by atoms with Gasteiger partial charge in [0.05, 0.1) is 13.0 Å². The van der Waals surface area contributed by atoms with Crippen molar-refractivity contribution in [3.05, 3.63) is 88.5 Å². The molecule has 208 valence electrons. The summed E-state index contributed by atoms with van der Waals surface area (Å²) in [7, 11) is 0. The predicted molar refractivity (Wildman–Crippen MR) is 159 cm³/mol. The first-order valence-electron chi connectivity index (χ1n) is 13.9. The summed E-state index contributed by atoms with van der Waals surface area (Å²) >= 11 is 0. The van der Waals surface area contributed by atoms with Gasteiger partial charge in [-0.3, -0.25) is 9.59 Å². The van der Waals surface area contributed by atoms with Crippen LogP contribution in [0, 0.1) is 19.8 Å². The number of aliphatic carboxylic acids is 1. The first-order chi connectivity index (χ1) is 18.4. The van der Waals surface area contributed by atoms with Crippen LogP contribution in [0.25, 0.3) is 11.1 Å². The highest BCUT2D eigenvalue weighted by Gasteiger charge is 2.15. The summed E-state index contributed by atoms with van der Waals surface area (Å²) in [6.07, 6.45) is 2.86. The zero-order valence-electron chi connectivity index (χ0n) is 24.3. The van der Waals surface area contributed by atoms with E-state index in [1.165, 1.54) is 33.4 Å². The molecule has 5 nitrogen and oxygen atoms in total. The van der Waals surface area contributed by atoms with Crippen molar-refractivity contribution in [1.82, 2.24) is 5.32 Å². The molecule has 0 heterocycles. The molecule has 0 saturated heterocycles. The van der Waals surface area contributed by atoms with Crippen molar-refractivity contribution in [2.45, 2.75) is 72.6 Å². The van der Waals surface area contributed by atoms with E-state index in [-0.39, 0.29) is 24.3 Å². The van der Waals surface area contributed by atoms with Gasteiger partial charge in [0.15, 0.2) is 0 Å². The molecule has 0 aliphatic heterocycles. The van der Waals surface area contributed by atoms with E-state index < -0.39 is 5.97 Å². The summed E-state index contributed by atoms with van der Waals surface area (Å²) in [5.41, 5.74) is 8.17. The van der Waals surface area contributed by atoms with Gasteiger partial charge in [-0.15, -0.1) is 0 Å². The molecule has 3 rings (SSSR count). The summed E-state index contributed by atoms with van der Waals surface area (Å²) in [4.78, 5) is 22.7. The fourth-order valence-corrected chi connectivity index (χ4v) is 4.74. The number of carboxylic acids is 1. The van der Waals surface area contributed by atoms with E-state index in [4.69, 9.17) is 9.84 Å². The van der Waals surface area contributed by atoms with Crippen molar-refractivity contribution in [3.63, 3.8) is 0 Å². The average molecular weight is 530 g/mol. The van der Waals surface area contributed by atoms with E-state index in [0.29, 0.717) is 18.1 Å². The molecule has 0 saturated carbocycles. The maximum absolute atomic E-state index is 12.1. The topological polar surface area (TPSA) is 75.6 Å². The molecule has 0 bridgehead atoms. The number of carbonyl (C=O) groups excluding carboxylic acids is 1. The van der Waals surface area contributed by atoms with E-state index in [1.54, 1.807) is 12.1 Å². The molecular weight excluding hydrogens is 486 g/mol. The lowest BCUT2D eigenvalue weighted by Crippen LogP contribution is -2.25. The number of rotatable bonds is 12. The van der Waals surface area contributed by atoms with Crippen LogP contribution in [-0.4, -0.2) is 30.1 Å². The fourth-order valence-electron chi connectivity index (χ4n) is 4.74. The van der Waals surface area contributed by atoms with Crippen LogP contribution >= 0.6 is 0 Å². The molecule has 39 heavy (non-hydrogen) atoms. The van der Waals surface area contributed by atoms with Crippen molar-refractivity contribution in [3.8, 4) is 16.9 Å². The van der Waals surface area contributed by atoms with Gasteiger partial charge in [0.2, 0.25) is 0 Å². The van der Waals surface area contributed by atoms with Crippen molar-refractivity contribution < 1.29 is 19.4 Å². The average Bonchev–Trinajstić information content (AvgIpc) is 2.87. The van der Waals surface area contributed by atoms with E-state index >= 15 is 0 Å². The Balaban J connectivity index is 1.46. The van der Waals surface area contributed by atoms with Crippen molar-refractivity contribution >= 4 is 11.9 Å². The molecule has 3 aromatic rings. The summed E-state index contributed by atoms with van der Waals surface area (Å²) in [6, 6.07) is 20.7. The molecule has 1 amide bonds. The molecule has 3 aromatic carbocycles. The van der Waals surface area contributed by atoms with E-state index in [9.17, 15) is 9.59 Å². The molecule has 0 spiro atoms. The van der Waals surface area contributed by atoms with E-state index in [1.807, 2.05) is 12.1 Å². The first-order valence-corrected chi connectivity index (χ1v) is 13.9. The SMILES string of the molecule is Cc1cc(OCCC(C)CCc2ccc(C(=O)NCCC(=O)O)cc2)cc(C)c1-c1ccc(C(C)(C)C)cc1. The normalized spacial score (nSPS) is 12.2. The standard InChI is InChI=1S/C34H43NO4/c1-23(7-8-26-9-11-28(12-10-26)33(38)35-19-17-31(36)37)18-20-39-30-21-24(2)32(25(3)22-30)27-13-15-29(16-14-27)34(4,5)6/h9-16,21-23H,7-8,17-20H2,1-6H3,(H,35,38)(H,36,37). The fraction of sp³-hybridized carbons (Fsp3) is 0.412. The van der Waals surface area contributed by atoms with Gasteiger partial charge < -0.3 is 15.2 Å². The van der Waals surface area contributed by atoms with Gasteiger partial charge in [0.25, 0.3) is 5.91 Å². The van der Waals surface area contributed by atoms with Crippen LogP contribution in [0.4, 0.5) is 0 Å². The maximum Gasteiger partial charge on any atom is 0.305 e. The number of benzene rings is 3. The third-order valence-electron chi connectivity index (χ3n) is 7.19. The third-order valence-corrected chi connectivity index (χ3v) is 7.19. The summed E-state index contributed by atoms with van der Waals surface area (Å²) in [5.74, 6) is 0.257. The van der Waals surface area contributed by atoms with Crippen LogP contribution in [-0.2, 0) is 16.6 Å². The Kier molecular flexibility index (Phi) is 10.3. The maximum atomic E-state index is 12.1. The second-order valence-corrected chi connectivity index (χ2v) is 11.6. The summed E-state index contributed by atoms with van der Waals surface area (Å²) in [6.45, 7) is 14.1. The van der Waals surface area contributed by atoms with E-state index in [2.05, 4.69) is 83.3 Å². The largest absolute Gasteiger partial charge is 0.494 e. The van der Waals surface area contributed by atoms with Crippen LogP contribution < -0.4 is 10.1 Å². The molecule has 0 fully saturated rings. The van der Waals surface area contributed by atoms with Crippen LogP contribution in [0.1, 0.15) is 79.6 Å². The van der Waals surface area contributed by atoms with Crippen LogP contribution in [0.2, 0.25) is 0 Å². The zero-order valence-corrected chi connectivity index (χ0v) is 24.3. The Bertz CT molecular complexity index is 1230. The monoisotopic (exact) mass is 529 g/mol. The Morgan fingerprint density at radius 2 is 1.54 bits per heavy atom. The molecule has 0 aromatic heterocycles. The molecule has 0 aliphatic rings. The number of hydrogen-bond acceptors (Lipinski definition) is 3. The summed E-state index contributed by atoms with van der Waals surface area (Å²) < 4.78 is 6.15. The number of carbonyl (C=O) groups is 2. The van der Waals surface area contributed by atoms with Crippen LogP contribution in [0.3, 0.4) is 0 Å². The Morgan fingerprint density at radius 1 is 0.923 bits per heavy atom. The minimum Gasteiger partial charge on any atom is -0.494 e. The highest BCUT2D eigenvalue weighted by atomic mass is 16.5. The van der Waals surface area contributed by atoms with Gasteiger partial charge >= 0.3 is 5.97 Å². The quantitative estimate of drug-likeness (QED) is 0.255. The first kappa shape index (κ1) is 29.9. The van der Waals surface area contributed by atoms with Gasteiger partial charge in [-0.2, -0.15) is 0 Å². The van der Waals surface area contributed by atoms with Gasteiger partial charge in [-0.05, 0) is 102 Å². The van der Waals surface area contributed by atoms with Gasteiger partial charge in [-0.1, -0.05) is 64.1 Å². The minimum absolute atomic E-state index is 0.0812. The Hall–Kier alpha value is -3.60. The smallest absolute Gasteiger partial charge is 0.305 e. The molecule has 5 heteroatoms. The minimum atomic E-state index is -0.925. The van der Waals surface area contributed by atoms with Gasteiger partial charge in [0.1, 0.15) is 5.75 Å². The van der Waals surface area contributed by atoms with Crippen molar-refractivity contribution in [1.29, 1.82) is 0 Å². The van der Waals surface area contributed by atoms with Gasteiger partial charge in [-0.25, -0.2) is 0 Å². The van der Waals surface area contributed by atoms with E-state index in [0.717, 1.165) is 25.0 Å². The lowest BCUT2D eigenvalue weighted by Gasteiger charge is -2.20. The number of carboxylic acid groups (broad SMARTS) is 1. The Labute approximate surface area is 233 Å². The van der Waals surface area contributed by atoms with Crippen molar-refractivity contribution in [2.75, 3.05) is 13.2 Å². The highest BCUT2D eigenvalue weighted by Crippen LogP contribution is 2.33. The van der Waals surface area contributed by atoms with Crippen molar-refractivity contribution in [2.24, 2.45) is 5.92 Å². The lowest BCUT2D eigenvalue weighted by molar-refractivity contribution is -0.136. The number of hydrogen-bond donors (Lipinski definition) is 2. The zero-order chi connectivity index (χ0) is 28.6. The van der Waals surface area contributed by atoms with Gasteiger partial charge in [0, 0.05) is 12.1 Å². The third kappa shape index (κ3) is 8.98. The highest BCUT2D eigenvalue weighted by molar-refractivity contribution is 5.94. The molecule has 0 aliphatic carbocycles. The Morgan fingerprint density at radius 3 is 2.10 bits per heavy atom. The number of ether oxygens (including phenoxy) is 1. The number of amides is 1. The molecule has 1 unspecified atom stereocenters. The molecule has 0 radical (unpaired) electrons. The van der Waals surface area contributed by atoms with Crippen LogP contribution in [0.5, 0.6) is 5.75 Å². The second kappa shape index (κ2) is 13.5. The summed E-state index contributed by atoms with van der Waals surface area (Å²) in [5, 5.41) is 11.3. The number of aryl methyl sites for hydroxylation is 3. The van der Waals surface area contributed by atoms with Crippen LogP contribution in [0.15, 0.2) is 60.7 Å².